The summed E-state index contributed by atoms with van der Waals surface area (Å²) in [6.07, 6.45) is 3.58. The van der Waals surface area contributed by atoms with E-state index >= 15 is 0 Å². The van der Waals surface area contributed by atoms with Gasteiger partial charge in [-0.05, 0) is 35.6 Å². The Hall–Kier alpha value is -3.09. The van der Waals surface area contributed by atoms with E-state index < -0.39 is 0 Å². The van der Waals surface area contributed by atoms with Crippen LogP contribution in [0.4, 0.5) is 4.79 Å². The summed E-state index contributed by atoms with van der Waals surface area (Å²) in [7, 11) is 0. The van der Waals surface area contributed by atoms with E-state index in [-0.39, 0.29) is 30.8 Å². The van der Waals surface area contributed by atoms with E-state index in [4.69, 9.17) is 0 Å². The van der Waals surface area contributed by atoms with Crippen LogP contribution < -0.4 is 5.32 Å². The summed E-state index contributed by atoms with van der Waals surface area (Å²) in [5.74, 6) is -0.264. The zero-order chi connectivity index (χ0) is 21.6. The molecule has 31 heavy (non-hydrogen) atoms. The van der Waals surface area contributed by atoms with Crippen LogP contribution in [0, 0.1) is 0 Å². The van der Waals surface area contributed by atoms with Crippen molar-refractivity contribution in [3.8, 4) is 0 Å². The molecule has 4 amide bonds. The van der Waals surface area contributed by atoms with Gasteiger partial charge in [-0.1, -0.05) is 42.5 Å². The highest BCUT2D eigenvalue weighted by Crippen LogP contribution is 2.19. The average Bonchev–Trinajstić information content (AvgIpc) is 2.83. The monoisotopic (exact) mass is 422 g/mol. The van der Waals surface area contributed by atoms with Gasteiger partial charge in [0, 0.05) is 39.3 Å². The Labute approximate surface area is 183 Å². The lowest BCUT2D eigenvalue weighted by Gasteiger charge is -2.38. The van der Waals surface area contributed by atoms with Gasteiger partial charge < -0.3 is 20.0 Å². The lowest BCUT2D eigenvalue weighted by atomic mass is 10.0. The molecular weight excluding hydrogens is 392 g/mol. The van der Waals surface area contributed by atoms with Gasteiger partial charge in [-0.2, -0.15) is 0 Å². The van der Waals surface area contributed by atoms with Crippen LogP contribution in [0.15, 0.2) is 42.5 Å². The lowest BCUT2D eigenvalue weighted by Crippen LogP contribution is -2.55. The normalized spacial score (nSPS) is 17.0. The van der Waals surface area contributed by atoms with E-state index in [9.17, 15) is 14.4 Å². The molecule has 1 N–H and O–H groups in total. The molecule has 2 heterocycles. The molecule has 2 aliphatic heterocycles. The Morgan fingerprint density at radius 2 is 1.39 bits per heavy atom. The fraction of sp³-hybridized carbons (Fsp3) is 0.458. The number of urea groups is 1. The predicted octanol–water partition coefficient (Wildman–Crippen LogP) is 2.25. The minimum atomic E-state index is -0.163. The standard InChI is InChI=1S/C24H30N4O3/c29-22(17-20-9-6-8-19-7-2-3-10-21(19)20)25-18-23(30)26-13-15-28(16-14-26)24(31)27-11-4-1-5-12-27/h2-3,6-10H,1,4-5,11-18H2,(H,25,29). The molecule has 2 aliphatic rings. The van der Waals surface area contributed by atoms with Gasteiger partial charge in [0.2, 0.25) is 11.8 Å². The van der Waals surface area contributed by atoms with Gasteiger partial charge in [-0.25, -0.2) is 4.79 Å². The number of benzene rings is 2. The van der Waals surface area contributed by atoms with Gasteiger partial charge in [0.1, 0.15) is 0 Å². The lowest BCUT2D eigenvalue weighted by molar-refractivity contribution is -0.134. The fourth-order valence-electron chi connectivity index (χ4n) is 4.40. The highest BCUT2D eigenvalue weighted by atomic mass is 16.2. The molecular formula is C24H30N4O3. The second-order valence-corrected chi connectivity index (χ2v) is 8.29. The number of nitrogens with one attached hydrogen (secondary N) is 1. The van der Waals surface area contributed by atoms with E-state index in [1.54, 1.807) is 4.90 Å². The molecule has 7 heteroatoms. The molecule has 0 radical (unpaired) electrons. The van der Waals surface area contributed by atoms with Crippen molar-refractivity contribution in [1.82, 2.24) is 20.0 Å². The maximum Gasteiger partial charge on any atom is 0.320 e. The maximum atomic E-state index is 12.6. The number of carbonyl (C=O) groups is 3. The Morgan fingerprint density at radius 3 is 2.16 bits per heavy atom. The molecule has 0 unspecified atom stereocenters. The summed E-state index contributed by atoms with van der Waals surface area (Å²) in [6.45, 7) is 3.77. The number of nitrogens with zero attached hydrogens (tertiary/aromatic N) is 3. The van der Waals surface area contributed by atoms with Gasteiger partial charge in [0.25, 0.3) is 0 Å². The zero-order valence-corrected chi connectivity index (χ0v) is 17.9. The second kappa shape index (κ2) is 9.81. The molecule has 0 atom stereocenters. The molecule has 4 rings (SSSR count). The molecule has 2 fully saturated rings. The Bertz CT molecular complexity index is 941. The van der Waals surface area contributed by atoms with Crippen LogP contribution in [0.2, 0.25) is 0 Å². The first kappa shape index (κ1) is 21.2. The number of amides is 4. The zero-order valence-electron chi connectivity index (χ0n) is 17.9. The van der Waals surface area contributed by atoms with E-state index in [2.05, 4.69) is 5.32 Å². The quantitative estimate of drug-likeness (QED) is 0.821. The minimum Gasteiger partial charge on any atom is -0.347 e. The molecule has 0 aliphatic carbocycles. The molecule has 0 spiro atoms. The fourth-order valence-corrected chi connectivity index (χ4v) is 4.40. The second-order valence-electron chi connectivity index (χ2n) is 8.29. The predicted molar refractivity (Wildman–Crippen MR) is 120 cm³/mol. The van der Waals surface area contributed by atoms with Gasteiger partial charge in [0.05, 0.1) is 13.0 Å². The third-order valence-electron chi connectivity index (χ3n) is 6.20. The number of carbonyl (C=O) groups excluding carboxylic acids is 3. The number of hydrogen-bond donors (Lipinski definition) is 1. The van der Waals surface area contributed by atoms with Gasteiger partial charge in [0.15, 0.2) is 0 Å². The number of fused-ring (bicyclic) bond motifs is 1. The van der Waals surface area contributed by atoms with E-state index in [0.717, 1.165) is 42.3 Å². The smallest absolute Gasteiger partial charge is 0.320 e. The van der Waals surface area contributed by atoms with E-state index in [0.29, 0.717) is 26.2 Å². The van der Waals surface area contributed by atoms with Crippen molar-refractivity contribution in [2.24, 2.45) is 0 Å². The first-order chi connectivity index (χ1) is 15.1. The molecule has 2 aromatic rings. The summed E-state index contributed by atoms with van der Waals surface area (Å²) >= 11 is 0. The van der Waals surface area contributed by atoms with E-state index in [1.807, 2.05) is 52.3 Å². The van der Waals surface area contributed by atoms with Crippen LogP contribution in [-0.4, -0.2) is 78.4 Å². The average molecular weight is 423 g/mol. The van der Waals surface area contributed by atoms with Crippen molar-refractivity contribution in [1.29, 1.82) is 0 Å². The van der Waals surface area contributed by atoms with Gasteiger partial charge in [-0.15, -0.1) is 0 Å². The topological polar surface area (TPSA) is 73.0 Å². The molecule has 0 saturated carbocycles. The third-order valence-corrected chi connectivity index (χ3v) is 6.20. The van der Waals surface area contributed by atoms with Crippen LogP contribution >= 0.6 is 0 Å². The summed E-state index contributed by atoms with van der Waals surface area (Å²) in [5.41, 5.74) is 0.952. The molecule has 164 valence electrons. The third kappa shape index (κ3) is 5.16. The maximum absolute atomic E-state index is 12.6. The highest BCUT2D eigenvalue weighted by Gasteiger charge is 2.27. The van der Waals surface area contributed by atoms with Crippen molar-refractivity contribution in [3.63, 3.8) is 0 Å². The summed E-state index contributed by atoms with van der Waals surface area (Å²) < 4.78 is 0. The Morgan fingerprint density at radius 1 is 0.742 bits per heavy atom. The molecule has 7 nitrogen and oxygen atoms in total. The van der Waals surface area contributed by atoms with Crippen molar-refractivity contribution < 1.29 is 14.4 Å². The molecule has 2 saturated heterocycles. The van der Waals surface area contributed by atoms with Crippen molar-refractivity contribution in [3.05, 3.63) is 48.0 Å². The molecule has 0 bridgehead atoms. The highest BCUT2D eigenvalue weighted by molar-refractivity contribution is 5.91. The van der Waals surface area contributed by atoms with Gasteiger partial charge in [-0.3, -0.25) is 9.59 Å². The van der Waals surface area contributed by atoms with E-state index in [1.165, 1.54) is 6.42 Å². The largest absolute Gasteiger partial charge is 0.347 e. The molecule has 0 aromatic heterocycles. The first-order valence-corrected chi connectivity index (χ1v) is 11.2. The summed E-state index contributed by atoms with van der Waals surface area (Å²) in [4.78, 5) is 43.1. The van der Waals surface area contributed by atoms with Crippen LogP contribution in [0.3, 0.4) is 0 Å². The number of hydrogen-bond acceptors (Lipinski definition) is 3. The van der Waals surface area contributed by atoms with Crippen LogP contribution in [0.5, 0.6) is 0 Å². The summed E-state index contributed by atoms with van der Waals surface area (Å²) in [5, 5.41) is 4.91. The van der Waals surface area contributed by atoms with Crippen LogP contribution in [-0.2, 0) is 16.0 Å². The number of piperazine rings is 1. The van der Waals surface area contributed by atoms with Crippen LogP contribution in [0.1, 0.15) is 24.8 Å². The summed E-state index contributed by atoms with van der Waals surface area (Å²) in [6, 6.07) is 14.0. The minimum absolute atomic E-state index is 0.0102. The van der Waals surface area contributed by atoms with Gasteiger partial charge >= 0.3 is 6.03 Å². The molecule has 2 aromatic carbocycles. The number of piperidine rings is 1. The Kier molecular flexibility index (Phi) is 6.70. The number of rotatable bonds is 4. The van der Waals surface area contributed by atoms with Crippen molar-refractivity contribution in [2.75, 3.05) is 45.8 Å². The van der Waals surface area contributed by atoms with Crippen molar-refractivity contribution >= 4 is 28.6 Å². The van der Waals surface area contributed by atoms with Crippen LogP contribution in [0.25, 0.3) is 10.8 Å². The number of likely N-dealkylation sites (tertiary alicyclic amines) is 1. The SMILES string of the molecule is O=C(Cc1cccc2ccccc12)NCC(=O)N1CCN(C(=O)N2CCCCC2)CC1. The first-order valence-electron chi connectivity index (χ1n) is 11.2. The van der Waals surface area contributed by atoms with Crippen molar-refractivity contribution in [2.45, 2.75) is 25.7 Å². The Balaban J connectivity index is 1.23.